The predicted octanol–water partition coefficient (Wildman–Crippen LogP) is 4.37. The molecular formula is C18H19N3. The lowest BCUT2D eigenvalue weighted by atomic mass is 10.0. The maximum absolute atomic E-state index is 4.27. The second-order valence-corrected chi connectivity index (χ2v) is 5.66. The Hall–Kier alpha value is -2.42. The number of rotatable bonds is 3. The van der Waals surface area contributed by atoms with Crippen LogP contribution < -0.4 is 0 Å². The highest BCUT2D eigenvalue weighted by molar-refractivity contribution is 5.59. The minimum atomic E-state index is 0.539. The van der Waals surface area contributed by atoms with Gasteiger partial charge in [0.2, 0.25) is 0 Å². The van der Waals surface area contributed by atoms with Gasteiger partial charge in [0.1, 0.15) is 5.69 Å². The maximum Gasteiger partial charge on any atom is 0.113 e. The third-order valence-corrected chi connectivity index (χ3v) is 3.63. The fraction of sp³-hybridized carbons (Fsp3) is 0.222. The molecule has 0 spiro atoms. The van der Waals surface area contributed by atoms with Crippen LogP contribution in [0.1, 0.15) is 30.9 Å². The molecule has 0 saturated carbocycles. The van der Waals surface area contributed by atoms with Crippen molar-refractivity contribution in [3.63, 3.8) is 0 Å². The first-order valence-corrected chi connectivity index (χ1v) is 7.23. The summed E-state index contributed by atoms with van der Waals surface area (Å²) < 4.78 is 1.82. The summed E-state index contributed by atoms with van der Waals surface area (Å²) in [7, 11) is 0. The first-order chi connectivity index (χ1) is 10.1. The van der Waals surface area contributed by atoms with E-state index in [-0.39, 0.29) is 0 Å². The van der Waals surface area contributed by atoms with Crippen LogP contribution in [-0.2, 0) is 0 Å². The van der Waals surface area contributed by atoms with Crippen LogP contribution in [0.4, 0.5) is 0 Å². The van der Waals surface area contributed by atoms with Crippen LogP contribution in [0.2, 0.25) is 0 Å². The molecule has 0 N–H and O–H groups in total. The molecule has 0 aliphatic heterocycles. The van der Waals surface area contributed by atoms with E-state index >= 15 is 0 Å². The molecule has 2 aromatic carbocycles. The normalized spacial score (nSPS) is 11.0. The first-order valence-electron chi connectivity index (χ1n) is 7.23. The molecule has 0 bridgehead atoms. The first kappa shape index (κ1) is 13.6. The van der Waals surface area contributed by atoms with Crippen LogP contribution in [0.3, 0.4) is 0 Å². The standard InChI is InChI=1S/C18H19N3/c1-13(2)15-7-9-17(10-8-15)21-12-18(19-20-21)16-6-4-5-14(3)11-16/h4-13H,1-3H3. The van der Waals surface area contributed by atoms with Gasteiger partial charge >= 0.3 is 0 Å². The summed E-state index contributed by atoms with van der Waals surface area (Å²) in [5.74, 6) is 0.539. The molecule has 0 unspecified atom stereocenters. The fourth-order valence-corrected chi connectivity index (χ4v) is 2.34. The minimum absolute atomic E-state index is 0.539. The number of benzene rings is 2. The van der Waals surface area contributed by atoms with Crippen molar-refractivity contribution < 1.29 is 0 Å². The number of hydrogen-bond acceptors (Lipinski definition) is 2. The van der Waals surface area contributed by atoms with Gasteiger partial charge in [0.25, 0.3) is 0 Å². The highest BCUT2D eigenvalue weighted by atomic mass is 15.4. The van der Waals surface area contributed by atoms with Crippen molar-refractivity contribution in [2.24, 2.45) is 0 Å². The van der Waals surface area contributed by atoms with Crippen LogP contribution in [0.15, 0.2) is 54.7 Å². The molecule has 0 saturated heterocycles. The van der Waals surface area contributed by atoms with E-state index in [0.29, 0.717) is 5.92 Å². The third kappa shape index (κ3) is 2.87. The zero-order valence-corrected chi connectivity index (χ0v) is 12.6. The van der Waals surface area contributed by atoms with Gasteiger partial charge in [0.15, 0.2) is 0 Å². The van der Waals surface area contributed by atoms with Crippen molar-refractivity contribution in [1.82, 2.24) is 15.0 Å². The van der Waals surface area contributed by atoms with Crippen molar-refractivity contribution in [3.8, 4) is 16.9 Å². The molecule has 1 aromatic heterocycles. The molecule has 0 atom stereocenters. The second-order valence-electron chi connectivity index (χ2n) is 5.66. The van der Waals surface area contributed by atoms with Gasteiger partial charge in [-0.1, -0.05) is 55.0 Å². The lowest BCUT2D eigenvalue weighted by Crippen LogP contribution is -1.95. The molecule has 3 nitrogen and oxygen atoms in total. The van der Waals surface area contributed by atoms with Gasteiger partial charge in [-0.15, -0.1) is 5.10 Å². The zero-order chi connectivity index (χ0) is 14.8. The quantitative estimate of drug-likeness (QED) is 0.712. The Morgan fingerprint density at radius 3 is 2.43 bits per heavy atom. The van der Waals surface area contributed by atoms with Crippen molar-refractivity contribution in [2.45, 2.75) is 26.7 Å². The van der Waals surface area contributed by atoms with Crippen molar-refractivity contribution >= 4 is 0 Å². The van der Waals surface area contributed by atoms with E-state index in [1.807, 2.05) is 16.9 Å². The van der Waals surface area contributed by atoms with Gasteiger partial charge in [0, 0.05) is 5.56 Å². The summed E-state index contributed by atoms with van der Waals surface area (Å²) in [5, 5.41) is 8.51. The molecule has 0 aliphatic rings. The highest BCUT2D eigenvalue weighted by Crippen LogP contribution is 2.20. The Balaban J connectivity index is 1.91. The van der Waals surface area contributed by atoms with Crippen molar-refractivity contribution in [1.29, 1.82) is 0 Å². The zero-order valence-electron chi connectivity index (χ0n) is 12.6. The summed E-state index contributed by atoms with van der Waals surface area (Å²) in [4.78, 5) is 0. The number of aryl methyl sites for hydroxylation is 1. The molecule has 0 amide bonds. The molecule has 0 radical (unpaired) electrons. The molecular weight excluding hydrogens is 258 g/mol. The van der Waals surface area contributed by atoms with E-state index < -0.39 is 0 Å². The van der Waals surface area contributed by atoms with Crippen LogP contribution >= 0.6 is 0 Å². The van der Waals surface area contributed by atoms with Gasteiger partial charge in [-0.05, 0) is 36.6 Å². The van der Waals surface area contributed by atoms with E-state index in [9.17, 15) is 0 Å². The molecule has 3 rings (SSSR count). The largest absolute Gasteiger partial charge is 0.220 e. The number of hydrogen-bond donors (Lipinski definition) is 0. The third-order valence-electron chi connectivity index (χ3n) is 3.63. The van der Waals surface area contributed by atoms with E-state index in [1.165, 1.54) is 11.1 Å². The summed E-state index contributed by atoms with van der Waals surface area (Å²) in [6.07, 6.45) is 1.97. The van der Waals surface area contributed by atoms with Gasteiger partial charge in [-0.25, -0.2) is 4.68 Å². The molecule has 106 valence electrons. The van der Waals surface area contributed by atoms with Crippen LogP contribution in [0, 0.1) is 6.92 Å². The maximum atomic E-state index is 4.27. The summed E-state index contributed by atoms with van der Waals surface area (Å²) in [6.45, 7) is 6.47. The average molecular weight is 277 g/mol. The Labute approximate surface area is 125 Å². The van der Waals surface area contributed by atoms with E-state index in [2.05, 4.69) is 73.5 Å². The van der Waals surface area contributed by atoms with Crippen molar-refractivity contribution in [3.05, 3.63) is 65.9 Å². The predicted molar refractivity (Wildman–Crippen MR) is 85.6 cm³/mol. The van der Waals surface area contributed by atoms with Gasteiger partial charge < -0.3 is 0 Å². The van der Waals surface area contributed by atoms with Gasteiger partial charge in [-0.3, -0.25) is 0 Å². The topological polar surface area (TPSA) is 30.7 Å². The molecule has 1 heterocycles. The highest BCUT2D eigenvalue weighted by Gasteiger charge is 2.06. The van der Waals surface area contributed by atoms with Crippen molar-refractivity contribution in [2.75, 3.05) is 0 Å². The Kier molecular flexibility index (Phi) is 3.57. The van der Waals surface area contributed by atoms with E-state index in [4.69, 9.17) is 0 Å². The van der Waals surface area contributed by atoms with Gasteiger partial charge in [-0.2, -0.15) is 0 Å². The Morgan fingerprint density at radius 2 is 1.76 bits per heavy atom. The lowest BCUT2D eigenvalue weighted by Gasteiger charge is -2.06. The molecule has 0 fully saturated rings. The molecule has 3 heteroatoms. The average Bonchev–Trinajstić information content (AvgIpc) is 2.97. The van der Waals surface area contributed by atoms with Crippen LogP contribution in [0.25, 0.3) is 16.9 Å². The smallest absolute Gasteiger partial charge is 0.113 e. The van der Waals surface area contributed by atoms with E-state index in [0.717, 1.165) is 16.9 Å². The van der Waals surface area contributed by atoms with Gasteiger partial charge in [0.05, 0.1) is 11.9 Å². The summed E-state index contributed by atoms with van der Waals surface area (Å²) in [5.41, 5.74) is 5.58. The number of aromatic nitrogens is 3. The minimum Gasteiger partial charge on any atom is -0.220 e. The lowest BCUT2D eigenvalue weighted by molar-refractivity contribution is 0.800. The van der Waals surface area contributed by atoms with E-state index in [1.54, 1.807) is 0 Å². The summed E-state index contributed by atoms with van der Waals surface area (Å²) >= 11 is 0. The SMILES string of the molecule is Cc1cccc(-c2cn(-c3ccc(C(C)C)cc3)nn2)c1. The summed E-state index contributed by atoms with van der Waals surface area (Å²) in [6, 6.07) is 16.8. The fourth-order valence-electron chi connectivity index (χ4n) is 2.34. The monoisotopic (exact) mass is 277 g/mol. The molecule has 0 aliphatic carbocycles. The Bertz CT molecular complexity index is 739. The Morgan fingerprint density at radius 1 is 1.00 bits per heavy atom. The van der Waals surface area contributed by atoms with Crippen LogP contribution in [-0.4, -0.2) is 15.0 Å². The molecule has 3 aromatic rings. The molecule has 21 heavy (non-hydrogen) atoms. The van der Waals surface area contributed by atoms with Crippen LogP contribution in [0.5, 0.6) is 0 Å². The second kappa shape index (κ2) is 5.52. The number of nitrogens with zero attached hydrogens (tertiary/aromatic N) is 3.